The van der Waals surface area contributed by atoms with E-state index in [2.05, 4.69) is 11.9 Å². The molecule has 0 rings (SSSR count). The van der Waals surface area contributed by atoms with Crippen LogP contribution < -0.4 is 10.6 Å². The van der Waals surface area contributed by atoms with Crippen molar-refractivity contribution in [2.45, 2.75) is 57.7 Å². The largest absolute Gasteiger partial charge is 0.471 e. The second kappa shape index (κ2) is 12.8. The Morgan fingerprint density at radius 3 is 2.50 bits per heavy atom. The molecule has 2 N–H and O–H groups in total. The number of carbonyl (C=O) groups excluding carboxylic acids is 2. The third-order valence-electron chi connectivity index (χ3n) is 3.33. The number of rotatable bonds is 13. The molecule has 0 aliphatic rings. The Balaban J connectivity index is 3.72. The van der Waals surface area contributed by atoms with Crippen LogP contribution in [0.3, 0.4) is 0 Å². The van der Waals surface area contributed by atoms with Crippen LogP contribution in [0.2, 0.25) is 0 Å². The Bertz CT molecular complexity index is 387. The van der Waals surface area contributed by atoms with E-state index in [4.69, 9.17) is 4.74 Å². The van der Waals surface area contributed by atoms with Crippen LogP contribution >= 0.6 is 0 Å². The number of alkyl halides is 3. The molecule has 8 heteroatoms. The standard InChI is InChI=1S/C16H27F3N2O3/c1-3-5-6-7-8-9-13(4-2)24-11-10-20-14(22)12-21-15(23)16(17,18)19/h3,13H,1,4-12H2,2H3,(H,20,22)(H,21,23). The molecule has 2 amide bonds. The Kier molecular flexibility index (Phi) is 12.0. The molecule has 0 aromatic carbocycles. The molecule has 0 aromatic rings. The van der Waals surface area contributed by atoms with Crippen molar-refractivity contribution >= 4 is 11.8 Å². The molecule has 1 atom stereocenters. The van der Waals surface area contributed by atoms with Crippen LogP contribution in [-0.2, 0) is 14.3 Å². The van der Waals surface area contributed by atoms with Gasteiger partial charge in [-0.25, -0.2) is 0 Å². The van der Waals surface area contributed by atoms with Gasteiger partial charge in [-0.15, -0.1) is 6.58 Å². The summed E-state index contributed by atoms with van der Waals surface area (Å²) in [5, 5.41) is 3.90. The monoisotopic (exact) mass is 352 g/mol. The summed E-state index contributed by atoms with van der Waals surface area (Å²) in [5.41, 5.74) is 0. The summed E-state index contributed by atoms with van der Waals surface area (Å²) >= 11 is 0. The zero-order chi connectivity index (χ0) is 18.4. The van der Waals surface area contributed by atoms with Crippen LogP contribution in [0.4, 0.5) is 13.2 Å². The van der Waals surface area contributed by atoms with Crippen molar-refractivity contribution < 1.29 is 27.5 Å². The number of hydrogen-bond acceptors (Lipinski definition) is 3. The summed E-state index contributed by atoms with van der Waals surface area (Å²) in [6.45, 7) is 5.44. The van der Waals surface area contributed by atoms with E-state index in [0.717, 1.165) is 38.5 Å². The zero-order valence-corrected chi connectivity index (χ0v) is 14.1. The lowest BCUT2D eigenvalue weighted by Crippen LogP contribution is -2.43. The van der Waals surface area contributed by atoms with E-state index < -0.39 is 24.5 Å². The third kappa shape index (κ3) is 11.9. The lowest BCUT2D eigenvalue weighted by atomic mass is 10.1. The van der Waals surface area contributed by atoms with Crippen molar-refractivity contribution in [2.75, 3.05) is 19.7 Å². The molecule has 0 aliphatic carbocycles. The van der Waals surface area contributed by atoms with Crippen LogP contribution in [0.25, 0.3) is 0 Å². The summed E-state index contributed by atoms with van der Waals surface area (Å²) in [4.78, 5) is 21.9. The van der Waals surface area contributed by atoms with Crippen LogP contribution in [0, 0.1) is 0 Å². The smallest absolute Gasteiger partial charge is 0.376 e. The Morgan fingerprint density at radius 1 is 1.21 bits per heavy atom. The zero-order valence-electron chi connectivity index (χ0n) is 14.1. The van der Waals surface area contributed by atoms with Gasteiger partial charge < -0.3 is 15.4 Å². The summed E-state index contributed by atoms with van der Waals surface area (Å²) in [7, 11) is 0. The number of nitrogens with one attached hydrogen (secondary N) is 2. The average molecular weight is 352 g/mol. The summed E-state index contributed by atoms with van der Waals surface area (Å²) in [5.74, 6) is -2.81. The molecule has 0 fully saturated rings. The second-order valence-corrected chi connectivity index (χ2v) is 5.36. The Labute approximate surface area is 141 Å². The van der Waals surface area contributed by atoms with Gasteiger partial charge in [0.2, 0.25) is 5.91 Å². The first-order valence-corrected chi connectivity index (χ1v) is 8.15. The quantitative estimate of drug-likeness (QED) is 0.396. The van der Waals surface area contributed by atoms with Gasteiger partial charge >= 0.3 is 12.1 Å². The van der Waals surface area contributed by atoms with Gasteiger partial charge in [0.05, 0.1) is 19.3 Å². The maximum absolute atomic E-state index is 11.9. The Morgan fingerprint density at radius 2 is 1.92 bits per heavy atom. The van der Waals surface area contributed by atoms with Crippen molar-refractivity contribution in [3.8, 4) is 0 Å². The normalized spacial score (nSPS) is 12.5. The third-order valence-corrected chi connectivity index (χ3v) is 3.33. The van der Waals surface area contributed by atoms with E-state index >= 15 is 0 Å². The molecule has 0 aromatic heterocycles. The summed E-state index contributed by atoms with van der Waals surface area (Å²) in [6, 6.07) is 0. The molecule has 140 valence electrons. The predicted octanol–water partition coefficient (Wildman–Crippen LogP) is 2.71. The van der Waals surface area contributed by atoms with Crippen LogP contribution in [0.5, 0.6) is 0 Å². The molecule has 0 radical (unpaired) electrons. The number of allylic oxidation sites excluding steroid dienone is 1. The highest BCUT2D eigenvalue weighted by Crippen LogP contribution is 2.13. The van der Waals surface area contributed by atoms with Gasteiger partial charge in [0.15, 0.2) is 0 Å². The van der Waals surface area contributed by atoms with Gasteiger partial charge in [0, 0.05) is 6.54 Å². The van der Waals surface area contributed by atoms with Gasteiger partial charge in [0.25, 0.3) is 0 Å². The molecule has 0 saturated carbocycles. The minimum Gasteiger partial charge on any atom is -0.376 e. The van der Waals surface area contributed by atoms with Crippen molar-refractivity contribution in [1.29, 1.82) is 0 Å². The lowest BCUT2D eigenvalue weighted by molar-refractivity contribution is -0.173. The summed E-state index contributed by atoms with van der Waals surface area (Å²) in [6.07, 6.45) is 3.10. The van der Waals surface area contributed by atoms with Gasteiger partial charge in [0.1, 0.15) is 0 Å². The predicted molar refractivity (Wildman–Crippen MR) is 85.4 cm³/mol. The highest BCUT2D eigenvalue weighted by Gasteiger charge is 2.38. The number of amides is 2. The molecule has 0 spiro atoms. The maximum Gasteiger partial charge on any atom is 0.471 e. The van der Waals surface area contributed by atoms with Crippen molar-refractivity contribution in [3.63, 3.8) is 0 Å². The van der Waals surface area contributed by atoms with Gasteiger partial charge in [-0.1, -0.05) is 25.8 Å². The van der Waals surface area contributed by atoms with Gasteiger partial charge in [-0.05, 0) is 25.7 Å². The Hall–Kier alpha value is -1.57. The molecule has 0 heterocycles. The molecular formula is C16H27F3N2O3. The van der Waals surface area contributed by atoms with Gasteiger partial charge in [-0.3, -0.25) is 9.59 Å². The van der Waals surface area contributed by atoms with Crippen molar-refractivity contribution in [3.05, 3.63) is 12.7 Å². The van der Waals surface area contributed by atoms with E-state index in [1.165, 1.54) is 5.32 Å². The van der Waals surface area contributed by atoms with Crippen LogP contribution in [0.1, 0.15) is 45.4 Å². The molecule has 1 unspecified atom stereocenters. The first kappa shape index (κ1) is 22.4. The molecule has 0 saturated heterocycles. The first-order valence-electron chi connectivity index (χ1n) is 8.15. The van der Waals surface area contributed by atoms with E-state index in [1.807, 2.05) is 13.0 Å². The van der Waals surface area contributed by atoms with Gasteiger partial charge in [-0.2, -0.15) is 13.2 Å². The van der Waals surface area contributed by atoms with E-state index in [0.29, 0.717) is 0 Å². The number of carbonyl (C=O) groups is 2. The number of unbranched alkanes of at least 4 members (excludes halogenated alkanes) is 3. The minimum atomic E-state index is -4.98. The lowest BCUT2D eigenvalue weighted by Gasteiger charge is -2.16. The molecule has 24 heavy (non-hydrogen) atoms. The first-order chi connectivity index (χ1) is 11.3. The fraction of sp³-hybridized carbons (Fsp3) is 0.750. The molecule has 0 aliphatic heterocycles. The SMILES string of the molecule is C=CCCCCCC(CC)OCCNC(=O)CNC(=O)C(F)(F)F. The second-order valence-electron chi connectivity index (χ2n) is 5.36. The van der Waals surface area contributed by atoms with Crippen LogP contribution in [-0.4, -0.2) is 43.8 Å². The van der Waals surface area contributed by atoms with Crippen molar-refractivity contribution in [2.24, 2.45) is 0 Å². The van der Waals surface area contributed by atoms with Crippen LogP contribution in [0.15, 0.2) is 12.7 Å². The number of halogens is 3. The minimum absolute atomic E-state index is 0.107. The van der Waals surface area contributed by atoms with E-state index in [-0.39, 0.29) is 19.3 Å². The molecule has 5 nitrogen and oxygen atoms in total. The maximum atomic E-state index is 11.9. The average Bonchev–Trinajstić information content (AvgIpc) is 2.53. The molecule has 0 bridgehead atoms. The molecular weight excluding hydrogens is 325 g/mol. The summed E-state index contributed by atoms with van der Waals surface area (Å²) < 4.78 is 41.4. The number of ether oxygens (including phenoxy) is 1. The topological polar surface area (TPSA) is 67.4 Å². The highest BCUT2D eigenvalue weighted by molar-refractivity contribution is 5.87. The van der Waals surface area contributed by atoms with E-state index in [1.54, 1.807) is 0 Å². The van der Waals surface area contributed by atoms with E-state index in [9.17, 15) is 22.8 Å². The highest BCUT2D eigenvalue weighted by atomic mass is 19.4. The fourth-order valence-corrected chi connectivity index (χ4v) is 1.98. The number of hydrogen-bond donors (Lipinski definition) is 2. The fourth-order valence-electron chi connectivity index (χ4n) is 1.98. The van der Waals surface area contributed by atoms with Crippen molar-refractivity contribution in [1.82, 2.24) is 10.6 Å².